The fourth-order valence-corrected chi connectivity index (χ4v) is 2.50. The Labute approximate surface area is 112 Å². The first kappa shape index (κ1) is 13.3. The second-order valence-corrected chi connectivity index (χ2v) is 4.53. The van der Waals surface area contributed by atoms with E-state index in [-0.39, 0.29) is 11.5 Å². The van der Waals surface area contributed by atoms with Crippen molar-refractivity contribution in [3.8, 4) is 28.4 Å². The molecular formula is C16H18O3. The molecule has 0 aliphatic heterocycles. The SMILES string of the molecule is CCc1c(O)ccc(-c2cc(O)cc(O)c2)c1CC. The Morgan fingerprint density at radius 3 is 1.89 bits per heavy atom. The highest BCUT2D eigenvalue weighted by molar-refractivity contribution is 5.73. The zero-order valence-corrected chi connectivity index (χ0v) is 11.1. The molecule has 2 rings (SSSR count). The summed E-state index contributed by atoms with van der Waals surface area (Å²) in [6, 6.07) is 8.02. The molecule has 0 atom stereocenters. The van der Waals surface area contributed by atoms with Crippen molar-refractivity contribution < 1.29 is 15.3 Å². The summed E-state index contributed by atoms with van der Waals surface area (Å²) >= 11 is 0. The normalized spacial score (nSPS) is 10.6. The molecule has 3 nitrogen and oxygen atoms in total. The summed E-state index contributed by atoms with van der Waals surface area (Å²) in [6.07, 6.45) is 1.52. The van der Waals surface area contributed by atoms with E-state index in [0.29, 0.717) is 5.75 Å². The molecule has 2 aromatic rings. The van der Waals surface area contributed by atoms with Gasteiger partial charge in [0, 0.05) is 6.07 Å². The highest BCUT2D eigenvalue weighted by atomic mass is 16.3. The van der Waals surface area contributed by atoms with E-state index >= 15 is 0 Å². The summed E-state index contributed by atoms with van der Waals surface area (Å²) in [5, 5.41) is 29.1. The van der Waals surface area contributed by atoms with E-state index < -0.39 is 0 Å². The number of phenols is 3. The lowest BCUT2D eigenvalue weighted by Gasteiger charge is -2.15. The smallest absolute Gasteiger partial charge is 0.119 e. The van der Waals surface area contributed by atoms with E-state index in [1.165, 1.54) is 6.07 Å². The monoisotopic (exact) mass is 258 g/mol. The molecule has 3 N–H and O–H groups in total. The van der Waals surface area contributed by atoms with Gasteiger partial charge in [-0.05, 0) is 53.3 Å². The number of benzene rings is 2. The van der Waals surface area contributed by atoms with E-state index in [1.807, 2.05) is 19.9 Å². The molecule has 2 aromatic carbocycles. The standard InChI is InChI=1S/C16H18O3/c1-3-13-14(4-2)16(19)6-5-15(13)10-7-11(17)9-12(18)8-10/h5-9,17-19H,3-4H2,1-2H3. The minimum Gasteiger partial charge on any atom is -0.508 e. The molecule has 19 heavy (non-hydrogen) atoms. The lowest BCUT2D eigenvalue weighted by Crippen LogP contribution is -1.95. The number of phenolic OH excluding ortho intramolecular Hbond substituents is 3. The Kier molecular flexibility index (Phi) is 3.65. The summed E-state index contributed by atoms with van der Waals surface area (Å²) in [5.74, 6) is 0.360. The molecule has 0 saturated heterocycles. The first-order valence-electron chi connectivity index (χ1n) is 6.43. The molecule has 0 aliphatic carbocycles. The van der Waals surface area contributed by atoms with Crippen molar-refractivity contribution in [2.24, 2.45) is 0 Å². The van der Waals surface area contributed by atoms with Gasteiger partial charge in [-0.15, -0.1) is 0 Å². The maximum absolute atomic E-state index is 9.90. The van der Waals surface area contributed by atoms with Gasteiger partial charge in [-0.1, -0.05) is 19.9 Å². The molecule has 0 radical (unpaired) electrons. The van der Waals surface area contributed by atoms with E-state index in [9.17, 15) is 15.3 Å². The van der Waals surface area contributed by atoms with Crippen LogP contribution in [0.3, 0.4) is 0 Å². The van der Waals surface area contributed by atoms with Crippen molar-refractivity contribution in [1.82, 2.24) is 0 Å². The molecule has 0 heterocycles. The zero-order valence-electron chi connectivity index (χ0n) is 11.1. The Balaban J connectivity index is 2.68. The van der Waals surface area contributed by atoms with E-state index in [2.05, 4.69) is 0 Å². The second kappa shape index (κ2) is 5.22. The molecule has 0 bridgehead atoms. The van der Waals surface area contributed by atoms with Crippen LogP contribution < -0.4 is 0 Å². The highest BCUT2D eigenvalue weighted by Gasteiger charge is 2.12. The van der Waals surface area contributed by atoms with Crippen molar-refractivity contribution in [3.63, 3.8) is 0 Å². The Morgan fingerprint density at radius 1 is 0.789 bits per heavy atom. The Hall–Kier alpha value is -2.16. The molecule has 0 amide bonds. The van der Waals surface area contributed by atoms with E-state index in [4.69, 9.17) is 0 Å². The van der Waals surface area contributed by atoms with E-state index in [1.54, 1.807) is 18.2 Å². The van der Waals surface area contributed by atoms with Crippen molar-refractivity contribution in [2.45, 2.75) is 26.7 Å². The van der Waals surface area contributed by atoms with Crippen LogP contribution in [-0.2, 0) is 12.8 Å². The second-order valence-electron chi connectivity index (χ2n) is 4.53. The van der Waals surface area contributed by atoms with Crippen LogP contribution in [0.2, 0.25) is 0 Å². The largest absolute Gasteiger partial charge is 0.508 e. The van der Waals surface area contributed by atoms with Crippen LogP contribution in [0.4, 0.5) is 0 Å². The van der Waals surface area contributed by atoms with Crippen molar-refractivity contribution in [1.29, 1.82) is 0 Å². The number of hydrogen-bond donors (Lipinski definition) is 3. The van der Waals surface area contributed by atoms with Crippen molar-refractivity contribution in [2.75, 3.05) is 0 Å². The molecule has 3 heteroatoms. The van der Waals surface area contributed by atoms with Crippen LogP contribution in [0.1, 0.15) is 25.0 Å². The first-order valence-corrected chi connectivity index (χ1v) is 6.43. The van der Waals surface area contributed by atoms with Gasteiger partial charge in [0.05, 0.1) is 0 Å². The first-order chi connectivity index (χ1) is 9.06. The summed E-state index contributed by atoms with van der Waals surface area (Å²) in [4.78, 5) is 0. The molecule has 0 aliphatic rings. The molecular weight excluding hydrogens is 240 g/mol. The Morgan fingerprint density at radius 2 is 1.37 bits per heavy atom. The van der Waals surface area contributed by atoms with Gasteiger partial charge in [-0.2, -0.15) is 0 Å². The third kappa shape index (κ3) is 2.50. The Bertz CT molecular complexity index is 583. The van der Waals surface area contributed by atoms with Gasteiger partial charge >= 0.3 is 0 Å². The average molecular weight is 258 g/mol. The van der Waals surface area contributed by atoms with E-state index in [0.717, 1.165) is 35.1 Å². The average Bonchev–Trinajstić information content (AvgIpc) is 2.36. The molecule has 0 saturated carbocycles. The van der Waals surface area contributed by atoms with Crippen molar-refractivity contribution in [3.05, 3.63) is 41.5 Å². The van der Waals surface area contributed by atoms with Gasteiger partial charge in [0.1, 0.15) is 17.2 Å². The van der Waals surface area contributed by atoms with Crippen LogP contribution >= 0.6 is 0 Å². The molecule has 0 unspecified atom stereocenters. The predicted octanol–water partition coefficient (Wildman–Crippen LogP) is 3.60. The fourth-order valence-electron chi connectivity index (χ4n) is 2.50. The number of aromatic hydroxyl groups is 3. The molecule has 100 valence electrons. The number of hydrogen-bond acceptors (Lipinski definition) is 3. The van der Waals surface area contributed by atoms with Gasteiger partial charge in [-0.25, -0.2) is 0 Å². The minimum absolute atomic E-state index is 0.0307. The van der Waals surface area contributed by atoms with Crippen LogP contribution in [0.25, 0.3) is 11.1 Å². The fraction of sp³-hybridized carbons (Fsp3) is 0.250. The highest BCUT2D eigenvalue weighted by Crippen LogP contribution is 2.35. The number of rotatable bonds is 3. The van der Waals surface area contributed by atoms with Crippen LogP contribution in [0.15, 0.2) is 30.3 Å². The zero-order chi connectivity index (χ0) is 14.0. The van der Waals surface area contributed by atoms with Crippen LogP contribution in [0, 0.1) is 0 Å². The quantitative estimate of drug-likeness (QED) is 0.788. The summed E-state index contributed by atoms with van der Waals surface area (Å²) in [5.41, 5.74) is 3.66. The molecule has 0 aromatic heterocycles. The maximum Gasteiger partial charge on any atom is 0.119 e. The van der Waals surface area contributed by atoms with Gasteiger partial charge in [-0.3, -0.25) is 0 Å². The van der Waals surface area contributed by atoms with Crippen molar-refractivity contribution >= 4 is 0 Å². The maximum atomic E-state index is 9.90. The summed E-state index contributed by atoms with van der Waals surface area (Å²) in [6.45, 7) is 4.03. The summed E-state index contributed by atoms with van der Waals surface area (Å²) < 4.78 is 0. The minimum atomic E-state index is 0.0307. The van der Waals surface area contributed by atoms with Gasteiger partial charge in [0.2, 0.25) is 0 Å². The molecule has 0 spiro atoms. The summed E-state index contributed by atoms with van der Waals surface area (Å²) in [7, 11) is 0. The third-order valence-corrected chi connectivity index (χ3v) is 3.33. The van der Waals surface area contributed by atoms with Crippen LogP contribution in [0.5, 0.6) is 17.2 Å². The topological polar surface area (TPSA) is 60.7 Å². The van der Waals surface area contributed by atoms with Gasteiger partial charge in [0.25, 0.3) is 0 Å². The van der Waals surface area contributed by atoms with Gasteiger partial charge in [0.15, 0.2) is 0 Å². The van der Waals surface area contributed by atoms with Gasteiger partial charge < -0.3 is 15.3 Å². The predicted molar refractivity (Wildman–Crippen MR) is 75.6 cm³/mol. The molecule has 0 fully saturated rings. The van der Waals surface area contributed by atoms with Crippen LogP contribution in [-0.4, -0.2) is 15.3 Å². The lowest BCUT2D eigenvalue weighted by molar-refractivity contribution is 0.451. The lowest BCUT2D eigenvalue weighted by atomic mass is 9.92. The third-order valence-electron chi connectivity index (χ3n) is 3.33.